The lowest BCUT2D eigenvalue weighted by atomic mass is 10.0. The molecule has 0 unspecified atom stereocenters. The second-order valence-electron chi connectivity index (χ2n) is 3.85. The Balaban J connectivity index is 2.39. The maximum absolute atomic E-state index is 10.7. The Bertz CT molecular complexity index is 647. The van der Waals surface area contributed by atoms with Gasteiger partial charge in [-0.3, -0.25) is 0 Å². The second kappa shape index (κ2) is 5.12. The second-order valence-corrected chi connectivity index (χ2v) is 4.25. The molecule has 2 rings (SSSR count). The molecule has 0 N–H and O–H groups in total. The van der Waals surface area contributed by atoms with E-state index in [9.17, 15) is 19.8 Å². The van der Waals surface area contributed by atoms with Crippen LogP contribution in [0.4, 0.5) is 0 Å². The minimum atomic E-state index is -1.34. The van der Waals surface area contributed by atoms with Crippen molar-refractivity contribution in [2.24, 2.45) is 0 Å². The lowest BCUT2D eigenvalue weighted by Gasteiger charge is -2.09. The van der Waals surface area contributed by atoms with Gasteiger partial charge in [0, 0.05) is 5.56 Å². The van der Waals surface area contributed by atoms with E-state index in [-0.39, 0.29) is 16.1 Å². The van der Waals surface area contributed by atoms with Crippen molar-refractivity contribution in [2.75, 3.05) is 0 Å². The molecule has 0 spiro atoms. The first-order valence-electron chi connectivity index (χ1n) is 5.31. The van der Waals surface area contributed by atoms with Crippen LogP contribution in [-0.4, -0.2) is 11.9 Å². The summed E-state index contributed by atoms with van der Waals surface area (Å²) in [6, 6.07) is 10.4. The minimum Gasteiger partial charge on any atom is -0.545 e. The number of rotatable bonds is 3. The van der Waals surface area contributed by atoms with Gasteiger partial charge in [-0.1, -0.05) is 48.0 Å². The molecule has 0 amide bonds. The molecule has 19 heavy (non-hydrogen) atoms. The van der Waals surface area contributed by atoms with Crippen molar-refractivity contribution in [1.29, 1.82) is 0 Å². The average Bonchev–Trinajstić information content (AvgIpc) is 2.38. The van der Waals surface area contributed by atoms with Crippen LogP contribution in [0.5, 0.6) is 0 Å². The number of carboxylic acid groups (broad SMARTS) is 2. The molecule has 0 saturated carbocycles. The third-order valence-electron chi connectivity index (χ3n) is 2.64. The molecule has 0 saturated heterocycles. The van der Waals surface area contributed by atoms with Crippen LogP contribution in [0.15, 0.2) is 42.5 Å². The van der Waals surface area contributed by atoms with Crippen LogP contribution in [0.1, 0.15) is 20.7 Å². The molecule has 2 aromatic carbocycles. The zero-order chi connectivity index (χ0) is 14.0. The van der Waals surface area contributed by atoms with Gasteiger partial charge in [0.2, 0.25) is 0 Å². The zero-order valence-corrected chi connectivity index (χ0v) is 10.3. The fourth-order valence-corrected chi connectivity index (χ4v) is 1.92. The average molecular weight is 275 g/mol. The first kappa shape index (κ1) is 13.1. The predicted octanol–water partition coefficient (Wildman–Crippen LogP) is 0.734. The summed E-state index contributed by atoms with van der Waals surface area (Å²) >= 11 is 5.83. The molecule has 5 heteroatoms. The lowest BCUT2D eigenvalue weighted by Crippen LogP contribution is -2.22. The molecule has 0 radical (unpaired) electrons. The predicted molar refractivity (Wildman–Crippen MR) is 65.5 cm³/mol. The van der Waals surface area contributed by atoms with Crippen molar-refractivity contribution in [3.63, 3.8) is 0 Å². The maximum atomic E-state index is 10.7. The normalized spacial score (nSPS) is 10.2. The molecule has 0 fully saturated rings. The Labute approximate surface area is 113 Å². The van der Waals surface area contributed by atoms with E-state index >= 15 is 0 Å². The molecule has 0 aliphatic carbocycles. The van der Waals surface area contributed by atoms with Crippen molar-refractivity contribution < 1.29 is 19.8 Å². The van der Waals surface area contributed by atoms with E-state index in [0.717, 1.165) is 5.56 Å². The number of hydrogen-bond donors (Lipinski definition) is 0. The van der Waals surface area contributed by atoms with E-state index in [1.807, 2.05) is 0 Å². The quantitative estimate of drug-likeness (QED) is 0.826. The van der Waals surface area contributed by atoms with Gasteiger partial charge in [-0.25, -0.2) is 0 Å². The van der Waals surface area contributed by atoms with Crippen LogP contribution in [0, 0.1) is 0 Å². The molecular formula is C14H7ClO4-2. The lowest BCUT2D eigenvalue weighted by molar-refractivity contribution is -0.256. The number of benzene rings is 2. The number of halogens is 1. The number of aromatic carboxylic acids is 2. The van der Waals surface area contributed by atoms with Crippen molar-refractivity contribution in [1.82, 2.24) is 0 Å². The summed E-state index contributed by atoms with van der Waals surface area (Å²) in [5, 5.41) is 21.4. The fourth-order valence-electron chi connectivity index (χ4n) is 1.66. The third kappa shape index (κ3) is 2.74. The number of carbonyl (C=O) groups is 2. The van der Waals surface area contributed by atoms with Crippen molar-refractivity contribution in [3.8, 4) is 11.1 Å². The molecule has 4 nitrogen and oxygen atoms in total. The molecule has 0 bridgehead atoms. The molecule has 0 aliphatic rings. The molecule has 0 heterocycles. The van der Waals surface area contributed by atoms with Gasteiger partial charge in [0.25, 0.3) is 0 Å². The van der Waals surface area contributed by atoms with E-state index in [4.69, 9.17) is 11.6 Å². The smallest absolute Gasteiger partial charge is 0.0730 e. The SMILES string of the molecule is O=C([O-])c1ccc(-c2ccc(C(=O)[O-])c(Cl)c2)cc1. The molecule has 96 valence electrons. The van der Waals surface area contributed by atoms with Crippen LogP contribution in [0.3, 0.4) is 0 Å². The standard InChI is InChI=1S/C14H9ClO4/c15-12-7-10(5-6-11(12)14(18)19)8-1-3-9(4-2-8)13(16)17/h1-7H,(H,16,17)(H,18,19)/p-2. The Morgan fingerprint density at radius 2 is 1.42 bits per heavy atom. The van der Waals surface area contributed by atoms with Gasteiger partial charge in [-0.2, -0.15) is 0 Å². The van der Waals surface area contributed by atoms with E-state index in [2.05, 4.69) is 0 Å². The highest BCUT2D eigenvalue weighted by molar-refractivity contribution is 6.33. The number of carboxylic acids is 2. The molecule has 2 aromatic rings. The highest BCUT2D eigenvalue weighted by atomic mass is 35.5. The van der Waals surface area contributed by atoms with Crippen molar-refractivity contribution in [2.45, 2.75) is 0 Å². The van der Waals surface area contributed by atoms with Crippen molar-refractivity contribution in [3.05, 3.63) is 58.6 Å². The van der Waals surface area contributed by atoms with Gasteiger partial charge in [0.1, 0.15) is 0 Å². The fraction of sp³-hybridized carbons (Fsp3) is 0. The Morgan fingerprint density at radius 3 is 1.89 bits per heavy atom. The van der Waals surface area contributed by atoms with Crippen LogP contribution >= 0.6 is 11.6 Å². The minimum absolute atomic E-state index is 0.0706. The number of hydrogen-bond acceptors (Lipinski definition) is 4. The van der Waals surface area contributed by atoms with Crippen LogP contribution in [0.25, 0.3) is 11.1 Å². The molecular weight excluding hydrogens is 268 g/mol. The van der Waals surface area contributed by atoms with E-state index in [1.54, 1.807) is 18.2 Å². The summed E-state index contributed by atoms with van der Waals surface area (Å²) in [4.78, 5) is 21.3. The Kier molecular flexibility index (Phi) is 3.53. The van der Waals surface area contributed by atoms with Crippen LogP contribution < -0.4 is 10.2 Å². The van der Waals surface area contributed by atoms with Gasteiger partial charge < -0.3 is 19.8 Å². The van der Waals surface area contributed by atoms with E-state index in [1.165, 1.54) is 24.3 Å². The summed E-state index contributed by atoms with van der Waals surface area (Å²) in [6.07, 6.45) is 0. The van der Waals surface area contributed by atoms with Crippen LogP contribution in [-0.2, 0) is 0 Å². The van der Waals surface area contributed by atoms with Crippen LogP contribution in [0.2, 0.25) is 5.02 Å². The monoisotopic (exact) mass is 274 g/mol. The summed E-state index contributed by atoms with van der Waals surface area (Å²) in [6.45, 7) is 0. The highest BCUT2D eigenvalue weighted by Gasteiger charge is 2.04. The van der Waals surface area contributed by atoms with E-state index < -0.39 is 11.9 Å². The first-order chi connectivity index (χ1) is 8.99. The summed E-state index contributed by atoms with van der Waals surface area (Å²) < 4.78 is 0. The largest absolute Gasteiger partial charge is 0.545 e. The molecule has 0 aromatic heterocycles. The van der Waals surface area contributed by atoms with E-state index in [0.29, 0.717) is 5.56 Å². The zero-order valence-electron chi connectivity index (χ0n) is 9.55. The molecule has 0 aliphatic heterocycles. The topological polar surface area (TPSA) is 80.3 Å². The Morgan fingerprint density at radius 1 is 0.842 bits per heavy atom. The van der Waals surface area contributed by atoms with Gasteiger partial charge in [-0.05, 0) is 22.8 Å². The van der Waals surface area contributed by atoms with Gasteiger partial charge in [-0.15, -0.1) is 0 Å². The highest BCUT2D eigenvalue weighted by Crippen LogP contribution is 2.25. The van der Waals surface area contributed by atoms with Gasteiger partial charge >= 0.3 is 0 Å². The van der Waals surface area contributed by atoms with Crippen molar-refractivity contribution >= 4 is 23.5 Å². The number of carbonyl (C=O) groups excluding carboxylic acids is 2. The summed E-state index contributed by atoms with van der Waals surface area (Å²) in [5.74, 6) is -2.60. The molecule has 0 atom stereocenters. The summed E-state index contributed by atoms with van der Waals surface area (Å²) in [7, 11) is 0. The third-order valence-corrected chi connectivity index (χ3v) is 2.96. The van der Waals surface area contributed by atoms with Gasteiger partial charge in [0.15, 0.2) is 0 Å². The summed E-state index contributed by atoms with van der Waals surface area (Å²) in [5.41, 5.74) is 1.38. The first-order valence-corrected chi connectivity index (χ1v) is 5.69. The Hall–Kier alpha value is -2.33. The maximum Gasteiger partial charge on any atom is 0.0730 e. The van der Waals surface area contributed by atoms with Gasteiger partial charge in [0.05, 0.1) is 17.0 Å².